The van der Waals surface area contributed by atoms with Gasteiger partial charge in [-0.1, -0.05) is 0 Å². The van der Waals surface area contributed by atoms with Crippen LogP contribution in [-0.2, 0) is 0 Å². The SMILES string of the molecule is c1ccc(-c2cc(-c3ccc[se]3)nc3ccccc23)cc1. The summed E-state index contributed by atoms with van der Waals surface area (Å²) < 4.78 is 1.35. The minimum atomic E-state index is 0.406. The molecule has 4 aromatic rings. The van der Waals surface area contributed by atoms with E-state index >= 15 is 0 Å². The molecule has 0 amide bonds. The average molecular weight is 334 g/mol. The summed E-state index contributed by atoms with van der Waals surface area (Å²) in [4.78, 5) is 7.09. The molecule has 1 nitrogen and oxygen atoms in total. The number of fused-ring (bicyclic) bond motifs is 1. The molecule has 0 saturated heterocycles. The standard InChI is InChI=1S/C19H13NSe/c1-2-7-14(8-3-1)16-13-18(19-11-6-12-21-19)20-17-10-5-4-9-15(16)17/h1-13H. The molecule has 0 aliphatic heterocycles. The normalized spacial score (nSPS) is 10.9. The van der Waals surface area contributed by atoms with Gasteiger partial charge in [0, 0.05) is 0 Å². The summed E-state index contributed by atoms with van der Waals surface area (Å²) in [6, 6.07) is 25.5. The molecule has 0 unspecified atom stereocenters. The Labute approximate surface area is 129 Å². The molecule has 0 spiro atoms. The number of aromatic nitrogens is 1. The van der Waals surface area contributed by atoms with E-state index in [2.05, 4.69) is 77.7 Å². The quantitative estimate of drug-likeness (QED) is 0.487. The third-order valence-electron chi connectivity index (χ3n) is 3.57. The minimum absolute atomic E-state index is 0.406. The van der Waals surface area contributed by atoms with E-state index in [9.17, 15) is 0 Å². The van der Waals surface area contributed by atoms with Gasteiger partial charge in [-0.15, -0.1) is 0 Å². The van der Waals surface area contributed by atoms with E-state index in [1.165, 1.54) is 21.0 Å². The van der Waals surface area contributed by atoms with Crippen molar-refractivity contribution in [2.75, 3.05) is 0 Å². The molecule has 0 saturated carbocycles. The Morgan fingerprint density at radius 3 is 2.38 bits per heavy atom. The van der Waals surface area contributed by atoms with Gasteiger partial charge in [-0.2, -0.15) is 0 Å². The molecule has 2 aromatic heterocycles. The van der Waals surface area contributed by atoms with Crippen LogP contribution in [0.4, 0.5) is 0 Å². The number of nitrogens with zero attached hydrogens (tertiary/aromatic N) is 1. The van der Waals surface area contributed by atoms with Gasteiger partial charge in [0.15, 0.2) is 0 Å². The molecule has 0 radical (unpaired) electrons. The zero-order valence-electron chi connectivity index (χ0n) is 11.4. The van der Waals surface area contributed by atoms with E-state index in [0.717, 1.165) is 11.2 Å². The second-order valence-corrected chi connectivity index (χ2v) is 6.90. The van der Waals surface area contributed by atoms with Crippen molar-refractivity contribution in [2.24, 2.45) is 0 Å². The van der Waals surface area contributed by atoms with Crippen LogP contribution >= 0.6 is 0 Å². The molecule has 0 atom stereocenters. The number of para-hydroxylation sites is 1. The van der Waals surface area contributed by atoms with Crippen molar-refractivity contribution in [1.29, 1.82) is 0 Å². The molecule has 2 heterocycles. The van der Waals surface area contributed by atoms with Gasteiger partial charge in [-0.05, 0) is 0 Å². The molecule has 0 bridgehead atoms. The summed E-state index contributed by atoms with van der Waals surface area (Å²) in [6.45, 7) is 0. The Balaban J connectivity index is 2.04. The van der Waals surface area contributed by atoms with Gasteiger partial charge in [-0.3, -0.25) is 0 Å². The molecule has 0 aliphatic rings. The van der Waals surface area contributed by atoms with E-state index in [4.69, 9.17) is 4.98 Å². The molecule has 2 heteroatoms. The van der Waals surface area contributed by atoms with Crippen molar-refractivity contribution in [3.63, 3.8) is 0 Å². The van der Waals surface area contributed by atoms with Gasteiger partial charge in [0.05, 0.1) is 0 Å². The summed E-state index contributed by atoms with van der Waals surface area (Å²) >= 11 is 0.406. The average Bonchev–Trinajstić information content (AvgIpc) is 3.09. The third-order valence-corrected chi connectivity index (χ3v) is 5.45. The molecule has 0 aliphatic carbocycles. The number of benzene rings is 2. The first-order valence-electron chi connectivity index (χ1n) is 6.91. The summed E-state index contributed by atoms with van der Waals surface area (Å²) in [5, 5.41) is 1.21. The van der Waals surface area contributed by atoms with Crippen LogP contribution in [0.5, 0.6) is 0 Å². The molecule has 21 heavy (non-hydrogen) atoms. The first kappa shape index (κ1) is 12.6. The fourth-order valence-corrected chi connectivity index (χ4v) is 4.02. The van der Waals surface area contributed by atoms with Crippen LogP contribution in [0.25, 0.3) is 32.2 Å². The van der Waals surface area contributed by atoms with Crippen molar-refractivity contribution in [3.8, 4) is 21.3 Å². The molecule has 0 N–H and O–H groups in total. The van der Waals surface area contributed by atoms with Crippen LogP contribution in [-0.4, -0.2) is 19.5 Å². The third kappa shape index (κ3) is 2.33. The number of hydrogen-bond acceptors (Lipinski definition) is 1. The van der Waals surface area contributed by atoms with E-state index in [-0.39, 0.29) is 0 Å². The van der Waals surface area contributed by atoms with Gasteiger partial charge >= 0.3 is 129 Å². The maximum absolute atomic E-state index is 4.85. The molecular formula is C19H13NSe. The van der Waals surface area contributed by atoms with E-state index < -0.39 is 0 Å². The topological polar surface area (TPSA) is 12.9 Å². The summed E-state index contributed by atoms with van der Waals surface area (Å²) in [7, 11) is 0. The van der Waals surface area contributed by atoms with Crippen LogP contribution < -0.4 is 0 Å². The van der Waals surface area contributed by atoms with Gasteiger partial charge < -0.3 is 0 Å². The van der Waals surface area contributed by atoms with Gasteiger partial charge in [0.1, 0.15) is 0 Å². The van der Waals surface area contributed by atoms with Crippen molar-refractivity contribution in [3.05, 3.63) is 77.7 Å². The zero-order chi connectivity index (χ0) is 14.1. The summed E-state index contributed by atoms with van der Waals surface area (Å²) in [5.41, 5.74) is 4.69. The number of pyridine rings is 1. The molecular weight excluding hydrogens is 321 g/mol. The van der Waals surface area contributed by atoms with Gasteiger partial charge in [0.25, 0.3) is 0 Å². The van der Waals surface area contributed by atoms with E-state index in [0.29, 0.717) is 14.5 Å². The van der Waals surface area contributed by atoms with Crippen LogP contribution in [0, 0.1) is 0 Å². The predicted molar refractivity (Wildman–Crippen MR) is 89.6 cm³/mol. The number of hydrogen-bond donors (Lipinski definition) is 0. The monoisotopic (exact) mass is 335 g/mol. The second-order valence-electron chi connectivity index (χ2n) is 4.92. The fourth-order valence-electron chi connectivity index (χ4n) is 2.58. The maximum atomic E-state index is 4.85. The Morgan fingerprint density at radius 2 is 1.57 bits per heavy atom. The molecule has 100 valence electrons. The molecule has 4 rings (SSSR count). The first-order valence-corrected chi connectivity index (χ1v) is 8.75. The Morgan fingerprint density at radius 1 is 0.762 bits per heavy atom. The van der Waals surface area contributed by atoms with Crippen LogP contribution in [0.1, 0.15) is 0 Å². The molecule has 2 aromatic carbocycles. The van der Waals surface area contributed by atoms with Crippen molar-refractivity contribution in [1.82, 2.24) is 4.98 Å². The zero-order valence-corrected chi connectivity index (χ0v) is 13.1. The Bertz CT molecular complexity index is 880. The summed E-state index contributed by atoms with van der Waals surface area (Å²) in [6.07, 6.45) is 0. The van der Waals surface area contributed by atoms with Crippen LogP contribution in [0.3, 0.4) is 0 Å². The van der Waals surface area contributed by atoms with Crippen LogP contribution in [0.2, 0.25) is 0 Å². The Kier molecular flexibility index (Phi) is 3.19. The second kappa shape index (κ2) is 5.32. The predicted octanol–water partition coefficient (Wildman–Crippen LogP) is 4.63. The van der Waals surface area contributed by atoms with E-state index in [1.807, 2.05) is 0 Å². The summed E-state index contributed by atoms with van der Waals surface area (Å²) in [5.74, 6) is 0. The first-order chi connectivity index (χ1) is 10.4. The van der Waals surface area contributed by atoms with Gasteiger partial charge in [-0.25, -0.2) is 0 Å². The Hall–Kier alpha value is -2.15. The van der Waals surface area contributed by atoms with Crippen molar-refractivity contribution in [2.45, 2.75) is 0 Å². The van der Waals surface area contributed by atoms with Crippen LogP contribution in [0.15, 0.2) is 77.7 Å². The van der Waals surface area contributed by atoms with Gasteiger partial charge in [0.2, 0.25) is 0 Å². The van der Waals surface area contributed by atoms with Crippen molar-refractivity contribution >= 4 is 25.4 Å². The molecule has 0 fully saturated rings. The van der Waals surface area contributed by atoms with E-state index in [1.54, 1.807) is 0 Å². The fraction of sp³-hybridized carbons (Fsp3) is 0. The number of rotatable bonds is 2. The van der Waals surface area contributed by atoms with Crippen molar-refractivity contribution < 1.29 is 0 Å².